The standard InChI is InChI=1S/C11H11N5O/c17-7-9-2-1-3-12-11(9)15-4-5-16-8-13-14-10(16)6-15/h1-3,7-8H,4-6H2. The highest BCUT2D eigenvalue weighted by Gasteiger charge is 2.20. The summed E-state index contributed by atoms with van der Waals surface area (Å²) < 4.78 is 2.01. The number of pyridine rings is 1. The summed E-state index contributed by atoms with van der Waals surface area (Å²) in [4.78, 5) is 17.3. The van der Waals surface area contributed by atoms with E-state index in [0.29, 0.717) is 12.1 Å². The molecule has 0 atom stereocenters. The van der Waals surface area contributed by atoms with Gasteiger partial charge >= 0.3 is 0 Å². The van der Waals surface area contributed by atoms with Gasteiger partial charge in [-0.05, 0) is 12.1 Å². The van der Waals surface area contributed by atoms with Crippen LogP contribution in [0.4, 0.5) is 5.82 Å². The smallest absolute Gasteiger partial charge is 0.153 e. The molecule has 1 aliphatic heterocycles. The average molecular weight is 229 g/mol. The van der Waals surface area contributed by atoms with Crippen LogP contribution >= 0.6 is 0 Å². The maximum absolute atomic E-state index is 11.0. The number of hydrogen-bond donors (Lipinski definition) is 0. The maximum Gasteiger partial charge on any atom is 0.153 e. The summed E-state index contributed by atoms with van der Waals surface area (Å²) in [5.74, 6) is 1.62. The van der Waals surface area contributed by atoms with Gasteiger partial charge in [0.05, 0.1) is 12.1 Å². The largest absolute Gasteiger partial charge is 0.347 e. The van der Waals surface area contributed by atoms with Gasteiger partial charge < -0.3 is 9.47 Å². The second-order valence-corrected chi connectivity index (χ2v) is 3.90. The molecule has 0 aliphatic carbocycles. The number of aromatic nitrogens is 4. The zero-order chi connectivity index (χ0) is 11.7. The minimum Gasteiger partial charge on any atom is -0.347 e. The van der Waals surface area contributed by atoms with Gasteiger partial charge in [0.2, 0.25) is 0 Å². The first-order valence-electron chi connectivity index (χ1n) is 5.40. The van der Waals surface area contributed by atoms with Gasteiger partial charge in [0.1, 0.15) is 12.1 Å². The van der Waals surface area contributed by atoms with E-state index in [2.05, 4.69) is 15.2 Å². The lowest BCUT2D eigenvalue weighted by Gasteiger charge is -2.28. The number of carbonyl (C=O) groups is 1. The highest BCUT2D eigenvalue weighted by molar-refractivity contribution is 5.82. The van der Waals surface area contributed by atoms with E-state index in [4.69, 9.17) is 0 Å². The molecule has 0 saturated carbocycles. The van der Waals surface area contributed by atoms with E-state index >= 15 is 0 Å². The molecule has 6 nitrogen and oxygen atoms in total. The van der Waals surface area contributed by atoms with Crippen LogP contribution in [-0.4, -0.2) is 32.6 Å². The van der Waals surface area contributed by atoms with Gasteiger partial charge in [-0.2, -0.15) is 0 Å². The summed E-state index contributed by atoms with van der Waals surface area (Å²) in [6, 6.07) is 3.54. The molecule has 0 saturated heterocycles. The molecule has 0 spiro atoms. The van der Waals surface area contributed by atoms with Crippen molar-refractivity contribution in [2.24, 2.45) is 0 Å². The first-order chi connectivity index (χ1) is 8.38. The van der Waals surface area contributed by atoms with Gasteiger partial charge in [-0.1, -0.05) is 0 Å². The van der Waals surface area contributed by atoms with E-state index in [1.54, 1.807) is 24.7 Å². The van der Waals surface area contributed by atoms with Gasteiger partial charge in [-0.25, -0.2) is 4.98 Å². The molecule has 3 rings (SSSR count). The lowest BCUT2D eigenvalue weighted by atomic mass is 10.2. The van der Waals surface area contributed by atoms with Gasteiger partial charge in [0, 0.05) is 19.3 Å². The molecule has 6 heteroatoms. The highest BCUT2D eigenvalue weighted by atomic mass is 16.1. The van der Waals surface area contributed by atoms with E-state index < -0.39 is 0 Å². The Morgan fingerprint density at radius 3 is 3.18 bits per heavy atom. The fourth-order valence-electron chi connectivity index (χ4n) is 2.01. The number of fused-ring (bicyclic) bond motifs is 1. The third-order valence-corrected chi connectivity index (χ3v) is 2.88. The van der Waals surface area contributed by atoms with Gasteiger partial charge in [-0.15, -0.1) is 10.2 Å². The van der Waals surface area contributed by atoms with Crippen molar-refractivity contribution >= 4 is 12.1 Å². The number of rotatable bonds is 2. The lowest BCUT2D eigenvalue weighted by Crippen LogP contribution is -2.34. The highest BCUT2D eigenvalue weighted by Crippen LogP contribution is 2.20. The monoisotopic (exact) mass is 229 g/mol. The normalized spacial score (nSPS) is 14.5. The molecule has 0 radical (unpaired) electrons. The summed E-state index contributed by atoms with van der Waals surface area (Å²) in [5, 5.41) is 7.91. The molecule has 3 heterocycles. The summed E-state index contributed by atoms with van der Waals surface area (Å²) in [6.45, 7) is 2.26. The number of nitrogens with zero attached hydrogens (tertiary/aromatic N) is 5. The predicted molar refractivity (Wildman–Crippen MR) is 60.7 cm³/mol. The topological polar surface area (TPSA) is 63.9 Å². The molecule has 0 unspecified atom stereocenters. The first-order valence-corrected chi connectivity index (χ1v) is 5.40. The van der Waals surface area contributed by atoms with E-state index in [1.807, 2.05) is 9.47 Å². The van der Waals surface area contributed by atoms with Crippen LogP contribution in [-0.2, 0) is 13.1 Å². The number of carbonyl (C=O) groups excluding carboxylic acids is 1. The van der Waals surface area contributed by atoms with Crippen molar-refractivity contribution in [1.82, 2.24) is 19.7 Å². The van der Waals surface area contributed by atoms with Crippen LogP contribution in [0.2, 0.25) is 0 Å². The van der Waals surface area contributed by atoms with Crippen LogP contribution in [0.15, 0.2) is 24.7 Å². The van der Waals surface area contributed by atoms with Crippen molar-refractivity contribution in [3.05, 3.63) is 36.0 Å². The van der Waals surface area contributed by atoms with E-state index in [9.17, 15) is 4.79 Å². The first kappa shape index (κ1) is 9.95. The van der Waals surface area contributed by atoms with Crippen molar-refractivity contribution in [1.29, 1.82) is 0 Å². The molecule has 0 bridgehead atoms. The van der Waals surface area contributed by atoms with Crippen LogP contribution in [0.3, 0.4) is 0 Å². The summed E-state index contributed by atoms with van der Waals surface area (Å²) in [5.41, 5.74) is 0.612. The van der Waals surface area contributed by atoms with Gasteiger partial charge in [-0.3, -0.25) is 4.79 Å². The Labute approximate surface area is 97.9 Å². The van der Waals surface area contributed by atoms with Gasteiger partial charge in [0.15, 0.2) is 12.1 Å². The summed E-state index contributed by atoms with van der Waals surface area (Å²) >= 11 is 0. The van der Waals surface area contributed by atoms with E-state index in [1.165, 1.54) is 0 Å². The van der Waals surface area contributed by atoms with Crippen molar-refractivity contribution in [2.45, 2.75) is 13.1 Å². The van der Waals surface area contributed by atoms with Crippen LogP contribution in [0, 0.1) is 0 Å². The van der Waals surface area contributed by atoms with Crippen LogP contribution in [0.25, 0.3) is 0 Å². The lowest BCUT2D eigenvalue weighted by molar-refractivity contribution is 0.112. The Kier molecular flexibility index (Phi) is 2.32. The quantitative estimate of drug-likeness (QED) is 0.702. The fraction of sp³-hybridized carbons (Fsp3) is 0.273. The molecule has 0 amide bonds. The Morgan fingerprint density at radius 2 is 2.29 bits per heavy atom. The van der Waals surface area contributed by atoms with Crippen molar-refractivity contribution < 1.29 is 4.79 Å². The van der Waals surface area contributed by atoms with Crippen molar-refractivity contribution in [3.63, 3.8) is 0 Å². The van der Waals surface area contributed by atoms with E-state index in [-0.39, 0.29) is 0 Å². The molecule has 0 aromatic carbocycles. The molecular formula is C11H11N5O. The molecule has 0 N–H and O–H groups in total. The second kappa shape index (κ2) is 3.97. The minimum absolute atomic E-state index is 0.612. The van der Waals surface area contributed by atoms with Crippen LogP contribution < -0.4 is 4.90 Å². The molecule has 2 aromatic rings. The Balaban J connectivity index is 1.94. The predicted octanol–water partition coefficient (Wildman–Crippen LogP) is 0.506. The minimum atomic E-state index is 0.612. The third-order valence-electron chi connectivity index (χ3n) is 2.88. The molecule has 1 aliphatic rings. The van der Waals surface area contributed by atoms with Crippen LogP contribution in [0.1, 0.15) is 16.2 Å². The van der Waals surface area contributed by atoms with Gasteiger partial charge in [0.25, 0.3) is 0 Å². The van der Waals surface area contributed by atoms with E-state index in [0.717, 1.165) is 31.0 Å². The SMILES string of the molecule is O=Cc1cccnc1N1CCn2cnnc2C1. The summed E-state index contributed by atoms with van der Waals surface area (Å²) in [6.07, 6.45) is 4.26. The van der Waals surface area contributed by atoms with Crippen LogP contribution in [0.5, 0.6) is 0 Å². The zero-order valence-corrected chi connectivity index (χ0v) is 9.15. The molecule has 17 heavy (non-hydrogen) atoms. The number of aldehydes is 1. The Hall–Kier alpha value is -2.24. The molecule has 86 valence electrons. The second-order valence-electron chi connectivity index (χ2n) is 3.90. The maximum atomic E-state index is 11.0. The molecule has 2 aromatic heterocycles. The molecule has 0 fully saturated rings. The Morgan fingerprint density at radius 1 is 1.35 bits per heavy atom. The number of anilines is 1. The fourth-order valence-corrected chi connectivity index (χ4v) is 2.01. The molecular weight excluding hydrogens is 218 g/mol. The zero-order valence-electron chi connectivity index (χ0n) is 9.15. The average Bonchev–Trinajstić information content (AvgIpc) is 2.85. The van der Waals surface area contributed by atoms with Crippen molar-refractivity contribution in [2.75, 3.05) is 11.4 Å². The third kappa shape index (κ3) is 1.67. The number of hydrogen-bond acceptors (Lipinski definition) is 5. The Bertz CT molecular complexity index is 550. The van der Waals surface area contributed by atoms with Crippen molar-refractivity contribution in [3.8, 4) is 0 Å². The summed E-state index contributed by atoms with van der Waals surface area (Å²) in [7, 11) is 0.